The summed E-state index contributed by atoms with van der Waals surface area (Å²) in [6.07, 6.45) is 25.2. The van der Waals surface area contributed by atoms with Crippen molar-refractivity contribution in [2.45, 2.75) is 25.3 Å². The molecule has 234 valence electrons. The summed E-state index contributed by atoms with van der Waals surface area (Å²) in [5.41, 5.74) is 11.0. The first-order chi connectivity index (χ1) is 23.8. The second-order valence-electron chi connectivity index (χ2n) is 12.2. The standard InChI is InChI=1S/C46H40N2/c1-5-13-41(14-6-1)47(42-15-7-2-8-16-42)45-33-29-39(30-34-45)27-25-37-21-23-38(24-22-37)26-28-40-31-35-46(36-32-40)48(43-17-9-3-10-18-43)44-19-11-4-12-20-44/h1-19,21-29,31-33,35-36,44H,20,30,34H2/b27-25+,28-26+. The maximum atomic E-state index is 2.42. The molecule has 0 N–H and O–H groups in total. The first-order valence-electron chi connectivity index (χ1n) is 16.8. The maximum Gasteiger partial charge on any atom is 0.0559 e. The molecule has 0 heterocycles. The lowest BCUT2D eigenvalue weighted by atomic mass is 9.99. The Kier molecular flexibility index (Phi) is 9.72. The van der Waals surface area contributed by atoms with Gasteiger partial charge in [-0.1, -0.05) is 146 Å². The van der Waals surface area contributed by atoms with E-state index in [2.05, 4.69) is 210 Å². The Morgan fingerprint density at radius 3 is 1.46 bits per heavy atom. The first kappa shape index (κ1) is 30.8. The molecule has 0 fully saturated rings. The molecule has 0 spiro atoms. The van der Waals surface area contributed by atoms with Crippen molar-refractivity contribution in [3.8, 4) is 0 Å². The van der Waals surface area contributed by atoms with E-state index in [9.17, 15) is 0 Å². The lowest BCUT2D eigenvalue weighted by molar-refractivity contribution is 0.785. The van der Waals surface area contributed by atoms with Crippen LogP contribution < -0.4 is 9.80 Å². The minimum absolute atomic E-state index is 0.305. The third-order valence-corrected chi connectivity index (χ3v) is 8.87. The largest absolute Gasteiger partial charge is 0.334 e. The summed E-state index contributed by atoms with van der Waals surface area (Å²) in [5, 5.41) is 0. The summed E-state index contributed by atoms with van der Waals surface area (Å²) in [7, 11) is 0. The molecule has 1 unspecified atom stereocenters. The molecule has 0 saturated heterocycles. The minimum Gasteiger partial charge on any atom is -0.334 e. The Morgan fingerprint density at radius 1 is 0.458 bits per heavy atom. The normalized spacial score (nSPS) is 15.8. The van der Waals surface area contributed by atoms with Crippen molar-refractivity contribution in [3.63, 3.8) is 0 Å². The second kappa shape index (κ2) is 15.2. The van der Waals surface area contributed by atoms with Crippen molar-refractivity contribution >= 4 is 41.0 Å². The van der Waals surface area contributed by atoms with Crippen LogP contribution in [0.15, 0.2) is 193 Å². The van der Waals surface area contributed by atoms with Crippen LogP contribution in [0.25, 0.3) is 18.2 Å². The number of hydrogen-bond donors (Lipinski definition) is 0. The van der Waals surface area contributed by atoms with Crippen LogP contribution >= 0.6 is 0 Å². The van der Waals surface area contributed by atoms with Gasteiger partial charge in [0.1, 0.15) is 0 Å². The van der Waals surface area contributed by atoms with Gasteiger partial charge in [0.15, 0.2) is 0 Å². The van der Waals surface area contributed by atoms with Crippen LogP contribution in [0.5, 0.6) is 0 Å². The molecule has 1 atom stereocenters. The van der Waals surface area contributed by atoms with Gasteiger partial charge in [0.05, 0.1) is 6.04 Å². The van der Waals surface area contributed by atoms with Gasteiger partial charge in [-0.25, -0.2) is 0 Å². The third-order valence-electron chi connectivity index (χ3n) is 8.87. The highest BCUT2D eigenvalue weighted by Crippen LogP contribution is 2.34. The van der Waals surface area contributed by atoms with Crippen LogP contribution in [0.2, 0.25) is 0 Å². The van der Waals surface area contributed by atoms with Gasteiger partial charge in [0.2, 0.25) is 0 Å². The molecule has 0 aliphatic heterocycles. The van der Waals surface area contributed by atoms with Crippen LogP contribution in [0.1, 0.15) is 36.0 Å². The molecule has 2 aliphatic carbocycles. The summed E-state index contributed by atoms with van der Waals surface area (Å²) in [5.74, 6) is 0. The molecule has 0 amide bonds. The van der Waals surface area contributed by atoms with Crippen LogP contribution in [-0.2, 0) is 0 Å². The molecule has 0 aromatic heterocycles. The topological polar surface area (TPSA) is 6.48 Å². The maximum absolute atomic E-state index is 2.42. The first-order valence-corrected chi connectivity index (χ1v) is 16.8. The Balaban J connectivity index is 0.998. The fraction of sp³-hybridized carbons (Fsp3) is 0.0870. The number of anilines is 4. The summed E-state index contributed by atoms with van der Waals surface area (Å²) in [6.45, 7) is 0. The Morgan fingerprint density at radius 2 is 0.958 bits per heavy atom. The Hall–Kier alpha value is -5.86. The van der Waals surface area contributed by atoms with Crippen molar-refractivity contribution in [1.82, 2.24) is 0 Å². The highest BCUT2D eigenvalue weighted by atomic mass is 15.2. The van der Waals surface area contributed by atoms with Crippen LogP contribution in [0.4, 0.5) is 22.7 Å². The van der Waals surface area contributed by atoms with Gasteiger partial charge in [-0.3, -0.25) is 0 Å². The summed E-state index contributed by atoms with van der Waals surface area (Å²) in [6, 6.07) is 49.9. The predicted octanol–water partition coefficient (Wildman–Crippen LogP) is 12.3. The van der Waals surface area contributed by atoms with Crippen molar-refractivity contribution in [1.29, 1.82) is 0 Å². The van der Waals surface area contributed by atoms with Crippen molar-refractivity contribution in [3.05, 3.63) is 210 Å². The fourth-order valence-electron chi connectivity index (χ4n) is 6.34. The van der Waals surface area contributed by atoms with Crippen LogP contribution in [0.3, 0.4) is 0 Å². The molecule has 2 nitrogen and oxygen atoms in total. The lowest BCUT2D eigenvalue weighted by Crippen LogP contribution is -2.29. The molecule has 5 aromatic rings. The number of benzene rings is 5. The van der Waals surface area contributed by atoms with Crippen molar-refractivity contribution in [2.75, 3.05) is 9.80 Å². The molecular formula is C46H40N2. The zero-order valence-corrected chi connectivity index (χ0v) is 27.1. The molecule has 5 aromatic carbocycles. The van der Waals surface area contributed by atoms with Crippen molar-refractivity contribution in [2.24, 2.45) is 0 Å². The average Bonchev–Trinajstić information content (AvgIpc) is 3.17. The Labute approximate surface area is 285 Å². The van der Waals surface area contributed by atoms with Crippen LogP contribution in [0, 0.1) is 0 Å². The quantitative estimate of drug-likeness (QED) is 0.143. The molecule has 0 radical (unpaired) electrons. The SMILES string of the molecule is C1=CCC(N(c2ccccc2)c2ccc(/C=C/c3ccc(/C=C/C4=CC=C(N(c5ccccc5)c5ccccc5)CC4)cc3)cc2)C=C1. The number of allylic oxidation sites excluding steroid dienone is 7. The van der Waals surface area contributed by atoms with E-state index in [-0.39, 0.29) is 0 Å². The van der Waals surface area contributed by atoms with E-state index in [1.807, 2.05) is 0 Å². The molecule has 0 bridgehead atoms. The fourth-order valence-corrected chi connectivity index (χ4v) is 6.34. The van der Waals surface area contributed by atoms with Gasteiger partial charge < -0.3 is 9.80 Å². The van der Waals surface area contributed by atoms with E-state index >= 15 is 0 Å². The number of nitrogens with zero attached hydrogens (tertiary/aromatic N) is 2. The van der Waals surface area contributed by atoms with E-state index in [0.29, 0.717) is 6.04 Å². The Bertz CT molecular complexity index is 1920. The summed E-state index contributed by atoms with van der Waals surface area (Å²) in [4.78, 5) is 4.78. The van der Waals surface area contributed by atoms with E-state index in [1.54, 1.807) is 0 Å². The highest BCUT2D eigenvalue weighted by molar-refractivity contribution is 5.73. The van der Waals surface area contributed by atoms with Gasteiger partial charge in [0.25, 0.3) is 0 Å². The zero-order valence-electron chi connectivity index (χ0n) is 27.1. The van der Waals surface area contributed by atoms with Gasteiger partial charge in [-0.2, -0.15) is 0 Å². The lowest BCUT2D eigenvalue weighted by Gasteiger charge is -2.32. The van der Waals surface area contributed by atoms with E-state index in [1.165, 1.54) is 50.7 Å². The second-order valence-corrected chi connectivity index (χ2v) is 12.2. The monoisotopic (exact) mass is 620 g/mol. The molecular weight excluding hydrogens is 581 g/mol. The number of rotatable bonds is 10. The summed E-state index contributed by atoms with van der Waals surface area (Å²) < 4.78 is 0. The molecule has 48 heavy (non-hydrogen) atoms. The van der Waals surface area contributed by atoms with Crippen LogP contribution in [-0.4, -0.2) is 6.04 Å². The molecule has 7 rings (SSSR count). The molecule has 2 aliphatic rings. The van der Waals surface area contributed by atoms with Gasteiger partial charge in [-0.05, 0) is 96.1 Å². The predicted molar refractivity (Wildman–Crippen MR) is 207 cm³/mol. The smallest absolute Gasteiger partial charge is 0.0559 e. The molecule has 2 heteroatoms. The van der Waals surface area contributed by atoms with E-state index in [4.69, 9.17) is 0 Å². The number of para-hydroxylation sites is 3. The van der Waals surface area contributed by atoms with Crippen molar-refractivity contribution < 1.29 is 0 Å². The zero-order chi connectivity index (χ0) is 32.4. The van der Waals surface area contributed by atoms with Gasteiger partial charge in [0, 0.05) is 28.4 Å². The van der Waals surface area contributed by atoms with E-state index < -0.39 is 0 Å². The third kappa shape index (κ3) is 7.57. The average molecular weight is 621 g/mol. The minimum atomic E-state index is 0.305. The number of hydrogen-bond acceptors (Lipinski definition) is 2. The summed E-state index contributed by atoms with van der Waals surface area (Å²) >= 11 is 0. The molecule has 0 saturated carbocycles. The van der Waals surface area contributed by atoms with Gasteiger partial charge >= 0.3 is 0 Å². The van der Waals surface area contributed by atoms with E-state index in [0.717, 1.165) is 19.3 Å². The highest BCUT2D eigenvalue weighted by Gasteiger charge is 2.19. The van der Waals surface area contributed by atoms with Gasteiger partial charge in [-0.15, -0.1) is 0 Å².